The molecule has 1 aromatic carbocycles. The van der Waals surface area contributed by atoms with Gasteiger partial charge in [0.1, 0.15) is 0 Å². The lowest BCUT2D eigenvalue weighted by molar-refractivity contribution is -0.161. The monoisotopic (exact) mass is 212 g/mol. The lowest BCUT2D eigenvalue weighted by Gasteiger charge is -2.20. The maximum absolute atomic E-state index is 14.1. The molecule has 1 atom stereocenters. The van der Waals surface area contributed by atoms with Gasteiger partial charge in [0.25, 0.3) is 5.67 Å². The highest BCUT2D eigenvalue weighted by atomic mass is 19.1. The maximum Gasteiger partial charge on any atom is 0.351 e. The van der Waals surface area contributed by atoms with E-state index >= 15 is 0 Å². The first-order chi connectivity index (χ1) is 7.15. The van der Waals surface area contributed by atoms with Crippen LogP contribution in [0.5, 0.6) is 0 Å². The van der Waals surface area contributed by atoms with Crippen molar-refractivity contribution >= 4 is 5.97 Å². The summed E-state index contributed by atoms with van der Waals surface area (Å²) < 4.78 is 18.7. The first-order valence-corrected chi connectivity index (χ1v) is 4.67. The number of alkyl halides is 1. The quantitative estimate of drug-likeness (QED) is 0.767. The number of carbonyl (C=O) groups excluding carboxylic acids is 1. The van der Waals surface area contributed by atoms with Gasteiger partial charge in [-0.05, 0) is 6.92 Å². The van der Waals surface area contributed by atoms with Gasteiger partial charge in [-0.3, -0.25) is 0 Å². The average Bonchev–Trinajstić information content (AvgIpc) is 2.29. The molecule has 0 aromatic heterocycles. The summed E-state index contributed by atoms with van der Waals surface area (Å²) in [7, 11) is 0. The summed E-state index contributed by atoms with van der Waals surface area (Å²) in [6, 6.07) is 7.77. The van der Waals surface area contributed by atoms with Gasteiger partial charge in [0.05, 0.1) is 13.2 Å². The molecule has 0 unspecified atom stereocenters. The van der Waals surface area contributed by atoms with Crippen LogP contribution < -0.4 is 0 Å². The minimum Gasteiger partial charge on any atom is -0.463 e. The molecule has 0 bridgehead atoms. The minimum absolute atomic E-state index is 0.0807. The third kappa shape index (κ3) is 2.33. The summed E-state index contributed by atoms with van der Waals surface area (Å²) in [6.45, 7) is 0.744. The molecule has 0 spiro atoms. The topological polar surface area (TPSA) is 46.5 Å². The number of aliphatic hydroxyl groups is 1. The van der Waals surface area contributed by atoms with E-state index in [4.69, 9.17) is 5.11 Å². The van der Waals surface area contributed by atoms with Crippen LogP contribution in [0.15, 0.2) is 30.3 Å². The van der Waals surface area contributed by atoms with Crippen LogP contribution in [0, 0.1) is 0 Å². The van der Waals surface area contributed by atoms with E-state index in [-0.39, 0.29) is 12.2 Å². The molecule has 82 valence electrons. The van der Waals surface area contributed by atoms with Gasteiger partial charge >= 0.3 is 5.97 Å². The van der Waals surface area contributed by atoms with Gasteiger partial charge in [-0.15, -0.1) is 0 Å². The molecule has 4 heteroatoms. The average molecular weight is 212 g/mol. The van der Waals surface area contributed by atoms with Gasteiger partial charge in [0.2, 0.25) is 0 Å². The molecule has 1 aromatic rings. The zero-order valence-corrected chi connectivity index (χ0v) is 8.44. The molecule has 0 saturated carbocycles. The summed E-state index contributed by atoms with van der Waals surface area (Å²) in [5, 5.41) is 8.96. The first kappa shape index (κ1) is 11.7. The Morgan fingerprint density at radius 2 is 2.07 bits per heavy atom. The SMILES string of the molecule is CCOC(=O)[C@](F)(CO)c1ccccc1. The zero-order valence-electron chi connectivity index (χ0n) is 8.44. The second-order valence-corrected chi connectivity index (χ2v) is 3.05. The van der Waals surface area contributed by atoms with Crippen molar-refractivity contribution in [2.45, 2.75) is 12.6 Å². The van der Waals surface area contributed by atoms with Crippen molar-refractivity contribution in [3.8, 4) is 0 Å². The second-order valence-electron chi connectivity index (χ2n) is 3.05. The molecule has 0 aliphatic carbocycles. The van der Waals surface area contributed by atoms with Gasteiger partial charge in [-0.1, -0.05) is 30.3 Å². The summed E-state index contributed by atoms with van der Waals surface area (Å²) in [5.74, 6) is -1.06. The number of esters is 1. The van der Waals surface area contributed by atoms with Crippen molar-refractivity contribution < 1.29 is 19.0 Å². The molecular weight excluding hydrogens is 199 g/mol. The highest BCUT2D eigenvalue weighted by molar-refractivity contribution is 5.81. The molecule has 0 fully saturated rings. The third-order valence-electron chi connectivity index (χ3n) is 2.05. The Morgan fingerprint density at radius 1 is 1.47 bits per heavy atom. The Morgan fingerprint density at radius 3 is 2.53 bits per heavy atom. The molecule has 0 amide bonds. The number of rotatable bonds is 4. The van der Waals surface area contributed by atoms with Gasteiger partial charge < -0.3 is 9.84 Å². The van der Waals surface area contributed by atoms with Crippen LogP contribution in [-0.4, -0.2) is 24.3 Å². The number of ether oxygens (including phenoxy) is 1. The number of aliphatic hydroxyl groups excluding tert-OH is 1. The number of halogens is 1. The van der Waals surface area contributed by atoms with Crippen molar-refractivity contribution in [2.75, 3.05) is 13.2 Å². The van der Waals surface area contributed by atoms with Gasteiger partial charge in [0.15, 0.2) is 0 Å². The number of hydrogen-bond acceptors (Lipinski definition) is 3. The van der Waals surface area contributed by atoms with Crippen LogP contribution in [-0.2, 0) is 15.2 Å². The smallest absolute Gasteiger partial charge is 0.351 e. The summed E-state index contributed by atoms with van der Waals surface area (Å²) >= 11 is 0. The lowest BCUT2D eigenvalue weighted by Crippen LogP contribution is -2.36. The Bertz CT molecular complexity index is 326. The van der Waals surface area contributed by atoms with Crippen molar-refractivity contribution in [2.24, 2.45) is 0 Å². The molecule has 0 aliphatic heterocycles. The highest BCUT2D eigenvalue weighted by Gasteiger charge is 2.41. The number of benzene rings is 1. The lowest BCUT2D eigenvalue weighted by atomic mass is 9.97. The molecule has 3 nitrogen and oxygen atoms in total. The van der Waals surface area contributed by atoms with Crippen LogP contribution in [0.25, 0.3) is 0 Å². The van der Waals surface area contributed by atoms with E-state index < -0.39 is 18.2 Å². The fourth-order valence-electron chi connectivity index (χ4n) is 1.22. The minimum atomic E-state index is -2.46. The molecule has 0 aliphatic rings. The molecule has 0 heterocycles. The van der Waals surface area contributed by atoms with Crippen molar-refractivity contribution in [1.29, 1.82) is 0 Å². The fraction of sp³-hybridized carbons (Fsp3) is 0.364. The van der Waals surface area contributed by atoms with E-state index in [0.29, 0.717) is 0 Å². The predicted molar refractivity (Wildman–Crippen MR) is 52.9 cm³/mol. The maximum atomic E-state index is 14.1. The summed E-state index contributed by atoms with van der Waals surface area (Å²) in [6.07, 6.45) is 0. The highest BCUT2D eigenvalue weighted by Crippen LogP contribution is 2.26. The van der Waals surface area contributed by atoms with E-state index in [2.05, 4.69) is 4.74 Å². The molecular formula is C11H13FO3. The van der Waals surface area contributed by atoms with E-state index in [0.717, 1.165) is 0 Å². The van der Waals surface area contributed by atoms with Crippen molar-refractivity contribution in [3.63, 3.8) is 0 Å². The first-order valence-electron chi connectivity index (χ1n) is 4.67. The molecule has 0 saturated heterocycles. The molecule has 1 N–H and O–H groups in total. The van der Waals surface area contributed by atoms with Crippen LogP contribution in [0.3, 0.4) is 0 Å². The van der Waals surface area contributed by atoms with Crippen LogP contribution in [0.4, 0.5) is 4.39 Å². The molecule has 0 radical (unpaired) electrons. The Labute approximate surface area is 87.5 Å². The van der Waals surface area contributed by atoms with Crippen molar-refractivity contribution in [1.82, 2.24) is 0 Å². The Hall–Kier alpha value is -1.42. The van der Waals surface area contributed by atoms with Crippen LogP contribution in [0.1, 0.15) is 12.5 Å². The normalized spacial score (nSPS) is 14.3. The van der Waals surface area contributed by atoms with Gasteiger partial charge in [-0.2, -0.15) is 0 Å². The number of carbonyl (C=O) groups is 1. The van der Waals surface area contributed by atoms with Gasteiger partial charge in [-0.25, -0.2) is 9.18 Å². The Kier molecular flexibility index (Phi) is 3.80. The second kappa shape index (κ2) is 4.89. The predicted octanol–water partition coefficient (Wildman–Crippen LogP) is 1.41. The fourth-order valence-corrected chi connectivity index (χ4v) is 1.22. The van der Waals surface area contributed by atoms with E-state index in [1.807, 2.05) is 0 Å². The summed E-state index contributed by atoms with van der Waals surface area (Å²) in [5.41, 5.74) is -2.36. The largest absolute Gasteiger partial charge is 0.463 e. The van der Waals surface area contributed by atoms with Crippen molar-refractivity contribution in [3.05, 3.63) is 35.9 Å². The van der Waals surface area contributed by atoms with E-state index in [1.165, 1.54) is 12.1 Å². The van der Waals surface area contributed by atoms with E-state index in [9.17, 15) is 9.18 Å². The standard InChI is InChI=1S/C11H13FO3/c1-2-15-10(14)11(12,8-13)9-6-4-3-5-7-9/h3-7,13H,2,8H2,1H3/t11-/m0/s1. The van der Waals surface area contributed by atoms with Crippen LogP contribution in [0.2, 0.25) is 0 Å². The molecule has 15 heavy (non-hydrogen) atoms. The van der Waals surface area contributed by atoms with E-state index in [1.54, 1.807) is 25.1 Å². The zero-order chi connectivity index (χ0) is 11.3. The van der Waals surface area contributed by atoms with Crippen LogP contribution >= 0.6 is 0 Å². The Balaban J connectivity index is 3.00. The third-order valence-corrected chi connectivity index (χ3v) is 2.05. The number of hydrogen-bond donors (Lipinski definition) is 1. The molecule has 1 rings (SSSR count). The summed E-state index contributed by atoms with van der Waals surface area (Å²) in [4.78, 5) is 11.3. The van der Waals surface area contributed by atoms with Gasteiger partial charge in [0, 0.05) is 5.56 Å².